The topological polar surface area (TPSA) is 60.9 Å². The summed E-state index contributed by atoms with van der Waals surface area (Å²) in [4.78, 5) is 6.20. The van der Waals surface area contributed by atoms with E-state index >= 15 is 0 Å². The zero-order valence-electron chi connectivity index (χ0n) is 13.0. The monoisotopic (exact) mass is 302 g/mol. The van der Waals surface area contributed by atoms with E-state index in [0.29, 0.717) is 6.54 Å². The van der Waals surface area contributed by atoms with Crippen molar-refractivity contribution in [2.45, 2.75) is 20.4 Å². The van der Waals surface area contributed by atoms with Gasteiger partial charge in [-0.1, -0.05) is 0 Å². The average Bonchev–Trinajstić information content (AvgIpc) is 2.42. The summed E-state index contributed by atoms with van der Waals surface area (Å²) in [5.74, 6) is 0.789. The molecule has 0 aliphatic heterocycles. The molecule has 0 atom stereocenters. The van der Waals surface area contributed by atoms with E-state index in [0.717, 1.165) is 22.6 Å². The van der Waals surface area contributed by atoms with Crippen LogP contribution < -0.4 is 4.74 Å². The first-order valence-electron chi connectivity index (χ1n) is 6.25. The lowest BCUT2D eigenvalue weighted by Gasteiger charge is -2.22. The molecule has 1 rings (SSSR count). The first-order chi connectivity index (χ1) is 9.36. The molecule has 0 unspecified atom stereocenters. The van der Waals surface area contributed by atoms with Gasteiger partial charge in [-0.2, -0.15) is 0 Å². The summed E-state index contributed by atoms with van der Waals surface area (Å²) in [6.45, 7) is 4.48. The Kier molecular flexibility index (Phi) is 6.14. The second-order valence-corrected chi connectivity index (χ2v) is 6.89. The molecular formula is C13H23N2O4P. The molecule has 0 amide bonds. The third kappa shape index (κ3) is 4.03. The fourth-order valence-electron chi connectivity index (χ4n) is 2.03. The number of aryl methyl sites for hydroxylation is 1. The van der Waals surface area contributed by atoms with Crippen LogP contribution in [-0.2, 0) is 20.2 Å². The van der Waals surface area contributed by atoms with Crippen molar-refractivity contribution < 1.29 is 18.3 Å². The van der Waals surface area contributed by atoms with Crippen molar-refractivity contribution in [1.29, 1.82) is 0 Å². The van der Waals surface area contributed by atoms with Crippen molar-refractivity contribution in [1.82, 2.24) is 9.88 Å². The van der Waals surface area contributed by atoms with Crippen LogP contribution >= 0.6 is 7.60 Å². The summed E-state index contributed by atoms with van der Waals surface area (Å²) in [5.41, 5.74) is 2.92. The largest absolute Gasteiger partial charge is 0.495 e. The minimum atomic E-state index is -3.04. The van der Waals surface area contributed by atoms with E-state index in [2.05, 4.69) is 4.98 Å². The maximum Gasteiger partial charge on any atom is 0.344 e. The lowest BCUT2D eigenvalue weighted by atomic mass is 10.1. The summed E-state index contributed by atoms with van der Waals surface area (Å²) in [7, 11) is 3.23. The highest BCUT2D eigenvalue weighted by atomic mass is 31.2. The number of nitrogens with zero attached hydrogens (tertiary/aromatic N) is 2. The molecule has 1 heterocycles. The van der Waals surface area contributed by atoms with Crippen LogP contribution in [0.1, 0.15) is 16.8 Å². The van der Waals surface area contributed by atoms with E-state index in [4.69, 9.17) is 13.8 Å². The number of hydrogen-bond acceptors (Lipinski definition) is 6. The first kappa shape index (κ1) is 17.1. The molecule has 0 aromatic carbocycles. The SMILES string of the molecule is COc1c(C)ncc(CN(C)CP(=O)(OC)OC)c1C. The molecule has 0 fully saturated rings. The molecule has 1 aromatic heterocycles. The number of pyridine rings is 1. The van der Waals surface area contributed by atoms with Crippen LogP contribution in [0.15, 0.2) is 6.20 Å². The van der Waals surface area contributed by atoms with E-state index in [9.17, 15) is 4.57 Å². The van der Waals surface area contributed by atoms with Gasteiger partial charge in [0, 0.05) is 27.0 Å². The number of methoxy groups -OCH3 is 1. The van der Waals surface area contributed by atoms with Crippen LogP contribution in [0.5, 0.6) is 5.75 Å². The van der Waals surface area contributed by atoms with E-state index < -0.39 is 7.60 Å². The van der Waals surface area contributed by atoms with Gasteiger partial charge in [-0.15, -0.1) is 0 Å². The minimum Gasteiger partial charge on any atom is -0.495 e. The summed E-state index contributed by atoms with van der Waals surface area (Å²) in [5, 5.41) is 0. The Morgan fingerprint density at radius 2 is 1.85 bits per heavy atom. The van der Waals surface area contributed by atoms with Crippen molar-refractivity contribution in [3.8, 4) is 5.75 Å². The van der Waals surface area contributed by atoms with Gasteiger partial charge in [0.25, 0.3) is 0 Å². The van der Waals surface area contributed by atoms with Crippen LogP contribution in [0.2, 0.25) is 0 Å². The summed E-state index contributed by atoms with van der Waals surface area (Å²) in [6.07, 6.45) is 2.03. The summed E-state index contributed by atoms with van der Waals surface area (Å²) < 4.78 is 27.3. The Morgan fingerprint density at radius 1 is 1.25 bits per heavy atom. The maximum atomic E-state index is 12.1. The number of hydrogen-bond donors (Lipinski definition) is 0. The molecule has 20 heavy (non-hydrogen) atoms. The number of rotatable bonds is 7. The van der Waals surface area contributed by atoms with Gasteiger partial charge in [0.05, 0.1) is 12.8 Å². The standard InChI is InChI=1S/C13H23N2O4P/c1-10-12(7-14-11(2)13(10)17-4)8-15(3)9-20(16,18-5)19-6/h7H,8-9H2,1-6H3. The molecule has 114 valence electrons. The van der Waals surface area contributed by atoms with Crippen molar-refractivity contribution in [2.24, 2.45) is 0 Å². The van der Waals surface area contributed by atoms with Crippen LogP contribution in [0.4, 0.5) is 0 Å². The van der Waals surface area contributed by atoms with Crippen LogP contribution in [0, 0.1) is 13.8 Å². The average molecular weight is 302 g/mol. The van der Waals surface area contributed by atoms with Crippen LogP contribution in [0.3, 0.4) is 0 Å². The molecular weight excluding hydrogens is 279 g/mol. The van der Waals surface area contributed by atoms with Gasteiger partial charge in [0.2, 0.25) is 0 Å². The van der Waals surface area contributed by atoms with E-state index in [1.54, 1.807) is 7.11 Å². The molecule has 0 N–H and O–H groups in total. The third-order valence-corrected chi connectivity index (χ3v) is 5.12. The molecule has 0 aliphatic rings. The predicted molar refractivity (Wildman–Crippen MR) is 78.2 cm³/mol. The van der Waals surface area contributed by atoms with Gasteiger partial charge >= 0.3 is 7.60 Å². The lowest BCUT2D eigenvalue weighted by molar-refractivity contribution is 0.247. The number of ether oxygens (including phenoxy) is 1. The molecule has 7 heteroatoms. The first-order valence-corrected chi connectivity index (χ1v) is 7.97. The fraction of sp³-hybridized carbons (Fsp3) is 0.615. The Morgan fingerprint density at radius 3 is 2.35 bits per heavy atom. The quantitative estimate of drug-likeness (QED) is 0.721. The maximum absolute atomic E-state index is 12.1. The van der Waals surface area contributed by atoms with E-state index in [-0.39, 0.29) is 6.29 Å². The van der Waals surface area contributed by atoms with E-state index in [1.807, 2.05) is 32.0 Å². The van der Waals surface area contributed by atoms with E-state index in [1.165, 1.54) is 14.2 Å². The van der Waals surface area contributed by atoms with Gasteiger partial charge in [0.1, 0.15) is 12.0 Å². The van der Waals surface area contributed by atoms with Crippen molar-refractivity contribution in [2.75, 3.05) is 34.7 Å². The zero-order chi connectivity index (χ0) is 15.3. The Bertz CT molecular complexity index is 499. The van der Waals surface area contributed by atoms with Gasteiger partial charge in [0.15, 0.2) is 0 Å². The third-order valence-electron chi connectivity index (χ3n) is 3.18. The van der Waals surface area contributed by atoms with Crippen molar-refractivity contribution >= 4 is 7.60 Å². The predicted octanol–water partition coefficient (Wildman–Crippen LogP) is 2.58. The molecule has 0 aliphatic carbocycles. The smallest absolute Gasteiger partial charge is 0.344 e. The van der Waals surface area contributed by atoms with Gasteiger partial charge in [-0.05, 0) is 32.0 Å². The normalized spacial score (nSPS) is 11.9. The van der Waals surface area contributed by atoms with Crippen molar-refractivity contribution in [3.63, 3.8) is 0 Å². The number of aromatic nitrogens is 1. The highest BCUT2D eigenvalue weighted by molar-refractivity contribution is 7.53. The second kappa shape index (κ2) is 7.18. The minimum absolute atomic E-state index is 0.218. The molecule has 0 radical (unpaired) electrons. The van der Waals surface area contributed by atoms with Gasteiger partial charge in [-0.25, -0.2) is 0 Å². The molecule has 0 saturated carbocycles. The second-order valence-electron chi connectivity index (χ2n) is 4.66. The van der Waals surface area contributed by atoms with Gasteiger partial charge in [-0.3, -0.25) is 14.4 Å². The summed E-state index contributed by atoms with van der Waals surface area (Å²) in [6, 6.07) is 0. The molecule has 6 nitrogen and oxygen atoms in total. The van der Waals surface area contributed by atoms with Crippen LogP contribution in [0.25, 0.3) is 0 Å². The summed E-state index contributed by atoms with van der Waals surface area (Å²) >= 11 is 0. The van der Waals surface area contributed by atoms with Crippen LogP contribution in [-0.4, -0.2) is 44.5 Å². The molecule has 0 bridgehead atoms. The lowest BCUT2D eigenvalue weighted by Crippen LogP contribution is -2.21. The molecule has 0 saturated heterocycles. The van der Waals surface area contributed by atoms with Crippen molar-refractivity contribution in [3.05, 3.63) is 23.0 Å². The molecule has 0 spiro atoms. The Hall–Kier alpha value is -0.940. The Labute approximate surface area is 120 Å². The highest BCUT2D eigenvalue weighted by Crippen LogP contribution is 2.46. The highest BCUT2D eigenvalue weighted by Gasteiger charge is 2.24. The van der Waals surface area contributed by atoms with Gasteiger partial charge < -0.3 is 13.8 Å². The Balaban J connectivity index is 2.86. The fourth-order valence-corrected chi connectivity index (χ4v) is 3.11. The molecule has 1 aromatic rings. The zero-order valence-corrected chi connectivity index (χ0v) is 13.9.